The van der Waals surface area contributed by atoms with Crippen molar-refractivity contribution in [3.8, 4) is 0 Å². The summed E-state index contributed by atoms with van der Waals surface area (Å²) in [5.41, 5.74) is -0.370. The minimum atomic E-state index is -4.44. The number of nitrogens with zero attached hydrogens (tertiary/aromatic N) is 2. The predicted molar refractivity (Wildman–Crippen MR) is 51.5 cm³/mol. The number of rotatable bonds is 1. The molecule has 0 bridgehead atoms. The van der Waals surface area contributed by atoms with Crippen molar-refractivity contribution < 1.29 is 22.1 Å². The molecule has 0 aliphatic heterocycles. The van der Waals surface area contributed by atoms with E-state index in [-0.39, 0.29) is 5.69 Å². The Morgan fingerprint density at radius 2 is 1.94 bits per heavy atom. The van der Waals surface area contributed by atoms with Crippen molar-refractivity contribution in [3.05, 3.63) is 23.8 Å². The van der Waals surface area contributed by atoms with Crippen LogP contribution in [-0.2, 0) is 0 Å². The average Bonchev–Trinajstić information content (AvgIpc) is 2.18. The van der Waals surface area contributed by atoms with Gasteiger partial charge >= 0.3 is 6.18 Å². The zero-order chi connectivity index (χ0) is 12.5. The summed E-state index contributed by atoms with van der Waals surface area (Å²) >= 11 is 0. The van der Waals surface area contributed by atoms with E-state index < -0.39 is 17.7 Å². The van der Waals surface area contributed by atoms with Gasteiger partial charge in [-0.25, -0.2) is 4.39 Å². The van der Waals surface area contributed by atoms with Crippen LogP contribution in [0.15, 0.2) is 12.3 Å². The standard InChI is InChI=1S/C10H11F4N2/c1-6-9(4-8(11)5-15-6)16(3)7(2)10(12,13)14/h4-5H,1-3H3/q+1. The van der Waals surface area contributed by atoms with Gasteiger partial charge in [0, 0.05) is 13.0 Å². The first kappa shape index (κ1) is 12.6. The lowest BCUT2D eigenvalue weighted by Crippen LogP contribution is -2.27. The Hall–Kier alpha value is -1.46. The first-order valence-electron chi connectivity index (χ1n) is 4.50. The van der Waals surface area contributed by atoms with Gasteiger partial charge in [0.15, 0.2) is 0 Å². The molecular weight excluding hydrogens is 224 g/mol. The summed E-state index contributed by atoms with van der Waals surface area (Å²) in [5, 5.41) is 0. The van der Waals surface area contributed by atoms with E-state index in [1.807, 2.05) is 0 Å². The number of hydrogen-bond donors (Lipinski definition) is 0. The molecule has 0 saturated carbocycles. The fourth-order valence-corrected chi connectivity index (χ4v) is 1.21. The monoisotopic (exact) mass is 235 g/mol. The summed E-state index contributed by atoms with van der Waals surface area (Å²) in [6.45, 7) is 2.46. The van der Waals surface area contributed by atoms with Crippen molar-refractivity contribution in [2.75, 3.05) is 7.05 Å². The van der Waals surface area contributed by atoms with Gasteiger partial charge in [-0.15, -0.1) is 0 Å². The molecule has 0 saturated heterocycles. The van der Waals surface area contributed by atoms with Gasteiger partial charge in [-0.05, 0) is 6.92 Å². The van der Waals surface area contributed by atoms with Crippen LogP contribution in [0.25, 0.3) is 0 Å². The van der Waals surface area contributed by atoms with E-state index in [9.17, 15) is 17.6 Å². The molecule has 6 heteroatoms. The van der Waals surface area contributed by atoms with E-state index in [0.29, 0.717) is 5.69 Å². The molecule has 0 spiro atoms. The largest absolute Gasteiger partial charge is 0.472 e. The van der Waals surface area contributed by atoms with E-state index >= 15 is 0 Å². The number of aromatic nitrogens is 1. The van der Waals surface area contributed by atoms with Crippen molar-refractivity contribution in [2.24, 2.45) is 0 Å². The highest BCUT2D eigenvalue weighted by Crippen LogP contribution is 2.22. The van der Waals surface area contributed by atoms with E-state index in [1.165, 1.54) is 14.0 Å². The third-order valence-corrected chi connectivity index (χ3v) is 2.30. The summed E-state index contributed by atoms with van der Waals surface area (Å²) in [4.78, 5) is 3.67. The van der Waals surface area contributed by atoms with Crippen LogP contribution in [-0.4, -0.2) is 28.5 Å². The van der Waals surface area contributed by atoms with Gasteiger partial charge in [-0.1, -0.05) is 0 Å². The molecule has 0 unspecified atom stereocenters. The number of aryl methyl sites for hydroxylation is 1. The Balaban J connectivity index is 3.34. The lowest BCUT2D eigenvalue weighted by molar-refractivity contribution is -0.417. The summed E-state index contributed by atoms with van der Waals surface area (Å²) < 4.78 is 51.0. The van der Waals surface area contributed by atoms with Crippen LogP contribution in [0.3, 0.4) is 0 Å². The number of hydrogen-bond acceptors (Lipinski definition) is 1. The fourth-order valence-electron chi connectivity index (χ4n) is 1.21. The number of halogens is 4. The maximum absolute atomic E-state index is 12.9. The van der Waals surface area contributed by atoms with Crippen molar-refractivity contribution in [1.29, 1.82) is 0 Å². The summed E-state index contributed by atoms with van der Waals surface area (Å²) in [7, 11) is 1.23. The molecule has 0 aromatic carbocycles. The van der Waals surface area contributed by atoms with Crippen molar-refractivity contribution in [1.82, 2.24) is 4.98 Å². The Morgan fingerprint density at radius 3 is 2.44 bits per heavy atom. The minimum absolute atomic E-state index is 0.106. The molecule has 0 radical (unpaired) electrons. The smallest absolute Gasteiger partial charge is 0.252 e. The normalized spacial score (nSPS) is 13.7. The van der Waals surface area contributed by atoms with Crippen LogP contribution in [0.5, 0.6) is 0 Å². The third kappa shape index (κ3) is 2.56. The number of pyridine rings is 1. The lowest BCUT2D eigenvalue weighted by Gasteiger charge is -2.06. The Morgan fingerprint density at radius 1 is 1.38 bits per heavy atom. The Labute approximate surface area is 90.2 Å². The Kier molecular flexibility index (Phi) is 3.30. The molecule has 1 aromatic heterocycles. The predicted octanol–water partition coefficient (Wildman–Crippen LogP) is 2.83. The van der Waals surface area contributed by atoms with Crippen molar-refractivity contribution >= 4 is 11.4 Å². The minimum Gasteiger partial charge on any atom is -0.252 e. The first-order chi connectivity index (χ1) is 7.23. The maximum atomic E-state index is 12.9. The second kappa shape index (κ2) is 4.19. The molecule has 0 N–H and O–H groups in total. The molecule has 0 aliphatic carbocycles. The van der Waals surface area contributed by atoms with Gasteiger partial charge < -0.3 is 0 Å². The SMILES string of the molecule is CC(=[N+](C)c1cc(F)cnc1C)C(F)(F)F. The van der Waals surface area contributed by atoms with Gasteiger partial charge in [0.05, 0.1) is 6.20 Å². The van der Waals surface area contributed by atoms with Crippen LogP contribution < -0.4 is 0 Å². The molecule has 16 heavy (non-hydrogen) atoms. The fraction of sp³-hybridized carbons (Fsp3) is 0.400. The van der Waals surface area contributed by atoms with Gasteiger partial charge in [0.2, 0.25) is 5.69 Å². The van der Waals surface area contributed by atoms with Gasteiger partial charge in [-0.3, -0.25) is 4.98 Å². The van der Waals surface area contributed by atoms with E-state index in [4.69, 9.17) is 0 Å². The molecule has 1 aromatic rings. The summed E-state index contributed by atoms with van der Waals surface area (Å²) in [6, 6.07) is 1.03. The van der Waals surface area contributed by atoms with Crippen LogP contribution in [0.1, 0.15) is 12.6 Å². The molecular formula is C10H11F4N2+. The topological polar surface area (TPSA) is 15.9 Å². The van der Waals surface area contributed by atoms with Crippen molar-refractivity contribution in [3.63, 3.8) is 0 Å². The van der Waals surface area contributed by atoms with Crippen LogP contribution in [0.4, 0.5) is 23.2 Å². The second-order valence-electron chi connectivity index (χ2n) is 3.40. The van der Waals surface area contributed by atoms with Crippen LogP contribution in [0, 0.1) is 12.7 Å². The molecule has 0 atom stereocenters. The van der Waals surface area contributed by atoms with Gasteiger partial charge in [0.25, 0.3) is 5.71 Å². The van der Waals surface area contributed by atoms with E-state index in [1.54, 1.807) is 0 Å². The molecule has 2 nitrogen and oxygen atoms in total. The van der Waals surface area contributed by atoms with Gasteiger partial charge in [-0.2, -0.15) is 17.7 Å². The summed E-state index contributed by atoms with van der Waals surface area (Å²) in [6.07, 6.45) is -3.47. The third-order valence-electron chi connectivity index (χ3n) is 2.30. The molecule has 0 aliphatic rings. The highest BCUT2D eigenvalue weighted by molar-refractivity contribution is 5.83. The molecule has 1 heterocycles. The second-order valence-corrected chi connectivity index (χ2v) is 3.40. The van der Waals surface area contributed by atoms with Crippen LogP contribution in [0.2, 0.25) is 0 Å². The average molecular weight is 235 g/mol. The Bertz CT molecular complexity index is 435. The van der Waals surface area contributed by atoms with E-state index in [2.05, 4.69) is 4.98 Å². The zero-order valence-electron chi connectivity index (χ0n) is 9.06. The molecule has 0 amide bonds. The number of alkyl halides is 3. The summed E-state index contributed by atoms with van der Waals surface area (Å²) in [5.74, 6) is -0.664. The zero-order valence-corrected chi connectivity index (χ0v) is 9.06. The highest BCUT2D eigenvalue weighted by atomic mass is 19.4. The quantitative estimate of drug-likeness (QED) is 0.415. The maximum Gasteiger partial charge on any atom is 0.472 e. The highest BCUT2D eigenvalue weighted by Gasteiger charge is 2.39. The first-order valence-corrected chi connectivity index (χ1v) is 4.50. The lowest BCUT2D eigenvalue weighted by atomic mass is 10.3. The van der Waals surface area contributed by atoms with Crippen LogP contribution >= 0.6 is 0 Å². The van der Waals surface area contributed by atoms with E-state index in [0.717, 1.165) is 23.8 Å². The molecule has 1 rings (SSSR count). The van der Waals surface area contributed by atoms with Crippen molar-refractivity contribution in [2.45, 2.75) is 20.0 Å². The molecule has 88 valence electrons. The van der Waals surface area contributed by atoms with Gasteiger partial charge in [0.1, 0.15) is 18.6 Å². The molecule has 0 fully saturated rings.